The van der Waals surface area contributed by atoms with Gasteiger partial charge >= 0.3 is 0 Å². The minimum absolute atomic E-state index is 0.144. The number of hydrogen-bond donors (Lipinski definition) is 0. The molecule has 0 aliphatic heterocycles. The van der Waals surface area contributed by atoms with E-state index in [1.807, 2.05) is 25.1 Å². The molecule has 2 aromatic rings. The van der Waals surface area contributed by atoms with Gasteiger partial charge in [-0.15, -0.1) is 0 Å². The van der Waals surface area contributed by atoms with Gasteiger partial charge in [0.2, 0.25) is 0 Å². The maximum Gasteiger partial charge on any atom is 0.189 e. The Morgan fingerprint density at radius 3 is 2.22 bits per heavy atom. The Balaban J connectivity index is 2.26. The average Bonchev–Trinajstić information content (AvgIpc) is 2.59. The number of benzene rings is 2. The van der Waals surface area contributed by atoms with Crippen molar-refractivity contribution in [3.05, 3.63) is 59.2 Å². The SMILES string of the molecule is COc1ccc(OC)c(C(=O)/C=C/c2ccc(OC)c(C)c2)c1. The minimum Gasteiger partial charge on any atom is -0.497 e. The van der Waals surface area contributed by atoms with Crippen molar-refractivity contribution in [3.8, 4) is 17.2 Å². The number of aryl methyl sites for hydroxylation is 1. The van der Waals surface area contributed by atoms with Crippen molar-refractivity contribution in [2.45, 2.75) is 6.92 Å². The first-order chi connectivity index (χ1) is 11.1. The van der Waals surface area contributed by atoms with Crippen molar-refractivity contribution in [1.29, 1.82) is 0 Å². The van der Waals surface area contributed by atoms with E-state index in [4.69, 9.17) is 14.2 Å². The van der Waals surface area contributed by atoms with E-state index in [2.05, 4.69) is 0 Å². The fourth-order valence-electron chi connectivity index (χ4n) is 2.27. The smallest absolute Gasteiger partial charge is 0.189 e. The molecule has 0 spiro atoms. The Hall–Kier alpha value is -2.75. The fourth-order valence-corrected chi connectivity index (χ4v) is 2.27. The van der Waals surface area contributed by atoms with E-state index in [-0.39, 0.29) is 5.78 Å². The lowest BCUT2D eigenvalue weighted by atomic mass is 10.1. The summed E-state index contributed by atoms with van der Waals surface area (Å²) in [5.74, 6) is 1.81. The third-order valence-electron chi connectivity index (χ3n) is 3.52. The van der Waals surface area contributed by atoms with Gasteiger partial charge in [0.1, 0.15) is 17.2 Å². The summed E-state index contributed by atoms with van der Waals surface area (Å²) in [6, 6.07) is 10.9. The molecular weight excluding hydrogens is 292 g/mol. The molecule has 0 aromatic heterocycles. The summed E-state index contributed by atoms with van der Waals surface area (Å²) >= 11 is 0. The lowest BCUT2D eigenvalue weighted by Gasteiger charge is -2.08. The van der Waals surface area contributed by atoms with Crippen LogP contribution >= 0.6 is 0 Å². The Bertz CT molecular complexity index is 732. The first kappa shape index (κ1) is 16.6. The number of ketones is 1. The van der Waals surface area contributed by atoms with E-state index in [9.17, 15) is 4.79 Å². The van der Waals surface area contributed by atoms with Gasteiger partial charge in [0.15, 0.2) is 5.78 Å². The van der Waals surface area contributed by atoms with Crippen LogP contribution in [0, 0.1) is 6.92 Å². The van der Waals surface area contributed by atoms with Crippen molar-refractivity contribution in [3.63, 3.8) is 0 Å². The molecule has 0 atom stereocenters. The normalized spacial score (nSPS) is 10.6. The van der Waals surface area contributed by atoms with Crippen LogP contribution in [0.1, 0.15) is 21.5 Å². The Morgan fingerprint density at radius 1 is 0.913 bits per heavy atom. The highest BCUT2D eigenvalue weighted by Crippen LogP contribution is 2.25. The number of methoxy groups -OCH3 is 3. The van der Waals surface area contributed by atoms with Crippen molar-refractivity contribution < 1.29 is 19.0 Å². The van der Waals surface area contributed by atoms with Crippen molar-refractivity contribution >= 4 is 11.9 Å². The molecule has 0 bridgehead atoms. The first-order valence-electron chi connectivity index (χ1n) is 7.18. The standard InChI is InChI=1S/C19H20O4/c1-13-11-14(6-9-18(13)22-3)5-8-17(20)16-12-15(21-2)7-10-19(16)23-4/h5-12H,1-4H3/b8-5+. The highest BCUT2D eigenvalue weighted by atomic mass is 16.5. The molecule has 0 unspecified atom stereocenters. The van der Waals surface area contributed by atoms with Gasteiger partial charge in [0, 0.05) is 0 Å². The van der Waals surface area contributed by atoms with E-state index in [1.165, 1.54) is 13.2 Å². The highest BCUT2D eigenvalue weighted by Gasteiger charge is 2.11. The lowest BCUT2D eigenvalue weighted by Crippen LogP contribution is -1.99. The van der Waals surface area contributed by atoms with Crippen molar-refractivity contribution in [1.82, 2.24) is 0 Å². The van der Waals surface area contributed by atoms with E-state index in [0.717, 1.165) is 16.9 Å². The van der Waals surface area contributed by atoms with Crippen LogP contribution in [0.2, 0.25) is 0 Å². The van der Waals surface area contributed by atoms with Gasteiger partial charge < -0.3 is 14.2 Å². The van der Waals surface area contributed by atoms with Gasteiger partial charge in [-0.25, -0.2) is 0 Å². The molecular formula is C19H20O4. The fraction of sp³-hybridized carbons (Fsp3) is 0.211. The number of hydrogen-bond acceptors (Lipinski definition) is 4. The monoisotopic (exact) mass is 312 g/mol. The number of carbonyl (C=O) groups is 1. The molecule has 0 aliphatic rings. The van der Waals surface area contributed by atoms with Gasteiger partial charge in [0.25, 0.3) is 0 Å². The maximum atomic E-state index is 12.4. The predicted molar refractivity (Wildman–Crippen MR) is 90.6 cm³/mol. The van der Waals surface area contributed by atoms with Crippen LogP contribution in [0.15, 0.2) is 42.5 Å². The van der Waals surface area contributed by atoms with E-state index < -0.39 is 0 Å². The Labute approximate surface area is 136 Å². The predicted octanol–water partition coefficient (Wildman–Crippen LogP) is 3.92. The van der Waals surface area contributed by atoms with Crippen molar-refractivity contribution in [2.24, 2.45) is 0 Å². The second kappa shape index (κ2) is 7.49. The molecule has 2 aromatic carbocycles. The van der Waals surface area contributed by atoms with Gasteiger partial charge in [-0.05, 0) is 54.5 Å². The summed E-state index contributed by atoms with van der Waals surface area (Å²) in [4.78, 5) is 12.4. The molecule has 2 rings (SSSR count). The molecule has 0 saturated carbocycles. The zero-order chi connectivity index (χ0) is 16.8. The van der Waals surface area contributed by atoms with Crippen LogP contribution in [-0.2, 0) is 0 Å². The van der Waals surface area contributed by atoms with Crippen LogP contribution in [0.4, 0.5) is 0 Å². The Morgan fingerprint density at radius 2 is 1.61 bits per heavy atom. The van der Waals surface area contributed by atoms with Crippen LogP contribution < -0.4 is 14.2 Å². The largest absolute Gasteiger partial charge is 0.497 e. The van der Waals surface area contributed by atoms with Crippen LogP contribution in [0.3, 0.4) is 0 Å². The van der Waals surface area contributed by atoms with E-state index >= 15 is 0 Å². The summed E-state index contributed by atoms with van der Waals surface area (Å²) in [5, 5.41) is 0. The Kier molecular flexibility index (Phi) is 5.41. The molecule has 0 radical (unpaired) electrons. The molecule has 4 nitrogen and oxygen atoms in total. The second-order valence-electron chi connectivity index (χ2n) is 4.99. The third-order valence-corrected chi connectivity index (χ3v) is 3.52. The molecule has 120 valence electrons. The topological polar surface area (TPSA) is 44.8 Å². The number of rotatable bonds is 6. The minimum atomic E-state index is -0.144. The number of carbonyl (C=O) groups excluding carboxylic acids is 1. The van der Waals surface area contributed by atoms with E-state index in [1.54, 1.807) is 38.5 Å². The first-order valence-corrected chi connectivity index (χ1v) is 7.18. The zero-order valence-electron chi connectivity index (χ0n) is 13.8. The molecule has 23 heavy (non-hydrogen) atoms. The molecule has 0 aliphatic carbocycles. The van der Waals surface area contributed by atoms with Crippen LogP contribution in [0.25, 0.3) is 6.08 Å². The molecule has 0 amide bonds. The molecule has 0 fully saturated rings. The van der Waals surface area contributed by atoms with Gasteiger partial charge in [-0.3, -0.25) is 4.79 Å². The quantitative estimate of drug-likeness (QED) is 0.599. The van der Waals surface area contributed by atoms with Crippen LogP contribution in [-0.4, -0.2) is 27.1 Å². The highest BCUT2D eigenvalue weighted by molar-refractivity contribution is 6.08. The molecule has 4 heteroatoms. The van der Waals surface area contributed by atoms with Gasteiger partial charge in [-0.2, -0.15) is 0 Å². The summed E-state index contributed by atoms with van der Waals surface area (Å²) in [5.41, 5.74) is 2.41. The molecule has 0 saturated heterocycles. The summed E-state index contributed by atoms with van der Waals surface area (Å²) in [6.45, 7) is 1.96. The maximum absolute atomic E-state index is 12.4. The summed E-state index contributed by atoms with van der Waals surface area (Å²) in [6.07, 6.45) is 3.30. The average molecular weight is 312 g/mol. The zero-order valence-corrected chi connectivity index (χ0v) is 13.8. The number of ether oxygens (including phenoxy) is 3. The lowest BCUT2D eigenvalue weighted by molar-refractivity contribution is 0.104. The molecule has 0 heterocycles. The van der Waals surface area contributed by atoms with E-state index in [0.29, 0.717) is 17.1 Å². The summed E-state index contributed by atoms with van der Waals surface area (Å²) < 4.78 is 15.6. The van der Waals surface area contributed by atoms with Gasteiger partial charge in [-0.1, -0.05) is 12.1 Å². The number of allylic oxidation sites excluding steroid dienone is 1. The third kappa shape index (κ3) is 3.92. The second-order valence-corrected chi connectivity index (χ2v) is 4.99. The van der Waals surface area contributed by atoms with Gasteiger partial charge in [0.05, 0.1) is 26.9 Å². The summed E-state index contributed by atoms with van der Waals surface area (Å²) in [7, 11) is 4.73. The van der Waals surface area contributed by atoms with Crippen LogP contribution in [0.5, 0.6) is 17.2 Å². The van der Waals surface area contributed by atoms with Crippen molar-refractivity contribution in [2.75, 3.05) is 21.3 Å². The molecule has 0 N–H and O–H groups in total.